The van der Waals surface area contributed by atoms with Crippen molar-refractivity contribution >= 4 is 96.4 Å². The maximum atomic E-state index is 10.3. The molecule has 0 amide bonds. The second kappa shape index (κ2) is 26.5. The van der Waals surface area contributed by atoms with Crippen LogP contribution >= 0.6 is 34.8 Å². The van der Waals surface area contributed by atoms with E-state index >= 15 is 0 Å². The second-order valence-corrected chi connectivity index (χ2v) is 21.3. The van der Waals surface area contributed by atoms with Gasteiger partial charge in [0.1, 0.15) is 40.6 Å². The zero-order valence-electron chi connectivity index (χ0n) is 47.0. The first kappa shape index (κ1) is 57.5. The van der Waals surface area contributed by atoms with Gasteiger partial charge in [-0.05, 0) is 123 Å². The number of nitrogens with one attached hydrogen (secondary N) is 5. The molecule has 13 nitrogen and oxygen atoms in total. The van der Waals surface area contributed by atoms with Crippen LogP contribution < -0.4 is 9.47 Å². The Kier molecular flexibility index (Phi) is 17.7. The first-order valence-corrected chi connectivity index (χ1v) is 28.5. The van der Waals surface area contributed by atoms with Gasteiger partial charge in [-0.1, -0.05) is 167 Å². The van der Waals surface area contributed by atoms with Crippen LogP contribution in [0, 0.1) is 20.8 Å². The Hall–Kier alpha value is -10.3. The minimum atomic E-state index is 0.412. The number of hydrogen-bond acceptors (Lipinski definition) is 8. The molecule has 15 rings (SSSR count). The van der Waals surface area contributed by atoms with Crippen molar-refractivity contribution in [3.63, 3.8) is 0 Å². The van der Waals surface area contributed by atoms with Gasteiger partial charge in [-0.25, -0.2) is 24.9 Å². The summed E-state index contributed by atoms with van der Waals surface area (Å²) >= 11 is 17.9. The van der Waals surface area contributed by atoms with E-state index in [1.54, 1.807) is 19.2 Å². The molecular formula is C70H55Cl3N10O3. The molecule has 5 aromatic heterocycles. The maximum Gasteiger partial charge on any atom is 0.298 e. The summed E-state index contributed by atoms with van der Waals surface area (Å²) in [5.74, 6) is 5.57. The Labute approximate surface area is 510 Å². The fourth-order valence-electron chi connectivity index (χ4n) is 9.40. The molecule has 0 atom stereocenters. The summed E-state index contributed by atoms with van der Waals surface area (Å²) in [6.45, 7) is 6.64. The van der Waals surface area contributed by atoms with Crippen molar-refractivity contribution in [3.8, 4) is 68.4 Å². The molecule has 5 heterocycles. The molecule has 0 fully saturated rings. The molecule has 86 heavy (non-hydrogen) atoms. The summed E-state index contributed by atoms with van der Waals surface area (Å²) < 4.78 is 10.1. The SMILES string of the molecule is COc1ccccc1-c1nc2ccc(Cl)cc2[nH]1.Cc1ccc(-c2nc3ccc(Cl)cc3[nH]2)cc1.Cc1ccc2nc(-c3ccccc3)[nH]c2c1.Cc1cccc(-c2nc3ccc(Cl)cc3[nH]2)c1.O=COc1ccc2nc(-c3ccccc3)[nH]c2c1. The Morgan fingerprint density at radius 2 is 0.733 bits per heavy atom. The number of fused-ring (bicyclic) bond motifs is 5. The molecule has 15 aromatic rings. The van der Waals surface area contributed by atoms with Crippen LogP contribution in [0.3, 0.4) is 0 Å². The number of aromatic amines is 5. The molecule has 0 saturated carbocycles. The number of aryl methyl sites for hydroxylation is 3. The molecule has 0 radical (unpaired) electrons. The predicted molar refractivity (Wildman–Crippen MR) is 350 cm³/mol. The Morgan fingerprint density at radius 1 is 0.349 bits per heavy atom. The summed E-state index contributed by atoms with van der Waals surface area (Å²) in [6, 6.07) is 72.8. The molecule has 0 spiro atoms. The molecule has 0 aliphatic carbocycles. The molecule has 16 heteroatoms. The van der Waals surface area contributed by atoms with E-state index in [-0.39, 0.29) is 0 Å². The zero-order valence-corrected chi connectivity index (χ0v) is 49.3. The fourth-order valence-corrected chi connectivity index (χ4v) is 9.91. The van der Waals surface area contributed by atoms with Crippen LogP contribution in [0.25, 0.3) is 112 Å². The standard InChI is InChI=1S/C14H11ClN2O.2C14H11ClN2.C14H10N2O2.C14H12N2/c1-18-13-5-3-2-4-10(13)14-16-11-7-6-9(15)8-12(11)17-14;1-9-2-4-10(5-3-9)14-16-12-7-6-11(15)8-13(12)17-14;1-9-3-2-4-10(7-9)14-16-12-6-5-11(15)8-13(12)17-14;17-9-18-11-6-7-12-13(8-11)16-14(15-12)10-4-2-1-3-5-10;1-10-7-8-12-13(9-10)16-14(15-12)11-5-3-2-4-6-11/h2-8H,1H3,(H,16,17);2*2-8H,1H3,(H,16,17);1-9H,(H,15,16);2-9H,1H3,(H,15,16). The Bertz CT molecular complexity index is 4780. The van der Waals surface area contributed by atoms with Gasteiger partial charge in [-0.15, -0.1) is 0 Å². The summed E-state index contributed by atoms with van der Waals surface area (Å²) in [5.41, 5.74) is 18.4. The van der Waals surface area contributed by atoms with Crippen molar-refractivity contribution < 1.29 is 14.3 Å². The number of benzene rings is 10. The summed E-state index contributed by atoms with van der Waals surface area (Å²) in [5, 5.41) is 2.13. The topological polar surface area (TPSA) is 179 Å². The van der Waals surface area contributed by atoms with E-state index in [1.165, 1.54) is 16.7 Å². The number of rotatable bonds is 8. The highest BCUT2D eigenvalue weighted by Crippen LogP contribution is 2.31. The average Bonchev–Trinajstić information content (AvgIpc) is 3.56. The zero-order chi connectivity index (χ0) is 59.5. The number of carbonyl (C=O) groups is 1. The highest BCUT2D eigenvalue weighted by molar-refractivity contribution is 6.32. The van der Waals surface area contributed by atoms with E-state index in [0.29, 0.717) is 17.2 Å². The molecule has 0 bridgehead atoms. The van der Waals surface area contributed by atoms with Gasteiger partial charge in [-0.2, -0.15) is 0 Å². The monoisotopic (exact) mass is 1190 g/mol. The molecular weight excluding hydrogens is 1140 g/mol. The van der Waals surface area contributed by atoms with Crippen molar-refractivity contribution in [1.29, 1.82) is 0 Å². The summed E-state index contributed by atoms with van der Waals surface area (Å²) in [7, 11) is 1.65. The van der Waals surface area contributed by atoms with Gasteiger partial charge in [0.15, 0.2) is 0 Å². The largest absolute Gasteiger partial charge is 0.496 e. The van der Waals surface area contributed by atoms with Gasteiger partial charge in [0, 0.05) is 43.4 Å². The number of ether oxygens (including phenoxy) is 2. The van der Waals surface area contributed by atoms with Crippen molar-refractivity contribution in [2.24, 2.45) is 0 Å². The van der Waals surface area contributed by atoms with Gasteiger partial charge in [0.2, 0.25) is 0 Å². The number of aromatic nitrogens is 10. The normalized spacial score (nSPS) is 10.8. The summed E-state index contributed by atoms with van der Waals surface area (Å²) in [6.07, 6.45) is 0. The number of hydrogen-bond donors (Lipinski definition) is 5. The number of halogens is 3. The van der Waals surface area contributed by atoms with Gasteiger partial charge in [-0.3, -0.25) is 4.79 Å². The van der Waals surface area contributed by atoms with Crippen molar-refractivity contribution in [3.05, 3.63) is 256 Å². The molecule has 0 aliphatic heterocycles. The van der Waals surface area contributed by atoms with Gasteiger partial charge >= 0.3 is 0 Å². The molecule has 0 unspecified atom stereocenters. The minimum Gasteiger partial charge on any atom is -0.496 e. The van der Waals surface area contributed by atoms with Gasteiger partial charge < -0.3 is 34.4 Å². The van der Waals surface area contributed by atoms with Crippen molar-refractivity contribution in [1.82, 2.24) is 49.8 Å². The highest BCUT2D eigenvalue weighted by Gasteiger charge is 2.12. The van der Waals surface area contributed by atoms with E-state index in [9.17, 15) is 4.79 Å². The summed E-state index contributed by atoms with van der Waals surface area (Å²) in [4.78, 5) is 49.3. The maximum absolute atomic E-state index is 10.3. The van der Waals surface area contributed by atoms with Gasteiger partial charge in [0.05, 0.1) is 67.8 Å². The minimum absolute atomic E-state index is 0.412. The number of carbonyl (C=O) groups excluding carboxylic acids is 1. The van der Waals surface area contributed by atoms with Crippen LogP contribution in [-0.4, -0.2) is 63.4 Å². The predicted octanol–water partition coefficient (Wildman–Crippen LogP) is 18.6. The lowest BCUT2D eigenvalue weighted by Gasteiger charge is -2.04. The lowest BCUT2D eigenvalue weighted by atomic mass is 10.1. The second-order valence-electron chi connectivity index (χ2n) is 20.0. The molecule has 424 valence electrons. The van der Waals surface area contributed by atoms with Crippen LogP contribution in [0.4, 0.5) is 0 Å². The number of imidazole rings is 5. The number of nitrogens with zero attached hydrogens (tertiary/aromatic N) is 5. The molecule has 5 N–H and O–H groups in total. The fraction of sp³-hybridized carbons (Fsp3) is 0.0571. The van der Waals surface area contributed by atoms with Crippen LogP contribution in [0.15, 0.2) is 224 Å². The van der Waals surface area contributed by atoms with E-state index < -0.39 is 0 Å². The van der Waals surface area contributed by atoms with E-state index in [4.69, 9.17) is 44.3 Å². The lowest BCUT2D eigenvalue weighted by Crippen LogP contribution is -1.88. The third-order valence-corrected chi connectivity index (χ3v) is 14.4. The molecule has 10 aromatic carbocycles. The lowest BCUT2D eigenvalue weighted by molar-refractivity contribution is -0.120. The van der Waals surface area contributed by atoms with E-state index in [1.807, 2.05) is 152 Å². The Balaban J connectivity index is 0.000000112. The highest BCUT2D eigenvalue weighted by atomic mass is 35.5. The van der Waals surface area contributed by atoms with Crippen LogP contribution in [0.1, 0.15) is 16.7 Å². The smallest absolute Gasteiger partial charge is 0.298 e. The van der Waals surface area contributed by atoms with Crippen LogP contribution in [0.2, 0.25) is 15.1 Å². The number of methoxy groups -OCH3 is 1. The third-order valence-electron chi connectivity index (χ3n) is 13.7. The van der Waals surface area contributed by atoms with Gasteiger partial charge in [0.25, 0.3) is 6.47 Å². The third kappa shape index (κ3) is 14.0. The molecule has 0 saturated heterocycles. The Morgan fingerprint density at radius 3 is 1.23 bits per heavy atom. The van der Waals surface area contributed by atoms with Crippen LogP contribution in [-0.2, 0) is 4.79 Å². The van der Waals surface area contributed by atoms with E-state index in [2.05, 4.69) is 131 Å². The molecule has 0 aliphatic rings. The van der Waals surface area contributed by atoms with Crippen LogP contribution in [0.5, 0.6) is 11.5 Å². The van der Waals surface area contributed by atoms with E-state index in [0.717, 1.165) is 128 Å². The quantitative estimate of drug-likeness (QED) is 0.0933. The first-order valence-electron chi connectivity index (χ1n) is 27.3. The first-order chi connectivity index (χ1) is 41.9. The number of H-pyrrole nitrogens is 5. The number of para-hydroxylation sites is 1. The average molecular weight is 1190 g/mol. The van der Waals surface area contributed by atoms with Crippen molar-refractivity contribution in [2.75, 3.05) is 7.11 Å². The van der Waals surface area contributed by atoms with Crippen molar-refractivity contribution in [2.45, 2.75) is 20.8 Å².